The summed E-state index contributed by atoms with van der Waals surface area (Å²) in [6.45, 7) is 10.7. The lowest BCUT2D eigenvalue weighted by Gasteiger charge is -2.26. The fraction of sp³-hybridized carbons (Fsp3) is 0.636. The molecule has 1 heterocycles. The lowest BCUT2D eigenvalue weighted by molar-refractivity contribution is -0.116. The highest BCUT2D eigenvalue weighted by Gasteiger charge is 2.12. The van der Waals surface area contributed by atoms with Gasteiger partial charge in [-0.3, -0.25) is 9.69 Å². The average Bonchev–Trinajstić information content (AvgIpc) is 2.74. The molecule has 1 aliphatic rings. The van der Waals surface area contributed by atoms with Crippen molar-refractivity contribution in [3.05, 3.63) is 29.8 Å². The van der Waals surface area contributed by atoms with Crippen molar-refractivity contribution < 1.29 is 9.53 Å². The summed E-state index contributed by atoms with van der Waals surface area (Å²) in [5.74, 6) is 0.881. The number of morpholine rings is 1. The number of anilines is 1. The monoisotopic (exact) mass is 531 g/mol. The molecule has 0 spiro atoms. The summed E-state index contributed by atoms with van der Waals surface area (Å²) in [6.07, 6.45) is 4.07. The summed E-state index contributed by atoms with van der Waals surface area (Å²) in [4.78, 5) is 19.2. The lowest BCUT2D eigenvalue weighted by Crippen LogP contribution is -2.38. The maximum Gasteiger partial charge on any atom is 0.225 e. The minimum Gasteiger partial charge on any atom is -0.379 e. The normalized spacial score (nSPS) is 14.7. The highest BCUT2D eigenvalue weighted by atomic mass is 127. The van der Waals surface area contributed by atoms with Crippen molar-refractivity contribution in [3.8, 4) is 0 Å². The predicted octanol–water partition coefficient (Wildman–Crippen LogP) is 3.21. The maximum atomic E-state index is 12.3. The van der Waals surface area contributed by atoms with Crippen molar-refractivity contribution in [2.75, 3.05) is 51.3 Å². The number of nitrogens with one attached hydrogen (secondary N) is 3. The molecule has 0 unspecified atom stereocenters. The van der Waals surface area contributed by atoms with Crippen LogP contribution in [0.1, 0.15) is 45.1 Å². The second-order valence-corrected chi connectivity index (χ2v) is 7.28. The second kappa shape index (κ2) is 16.3. The number of hydrogen-bond acceptors (Lipinski definition) is 4. The number of benzene rings is 1. The molecular formula is C22H38IN5O2. The third-order valence-corrected chi connectivity index (χ3v) is 4.81. The molecule has 0 bridgehead atoms. The Labute approximate surface area is 198 Å². The SMILES string of the molecule is CCCCCNC(=NCc1cccc(NC(=O)CCN2CCOCC2)c1)NCC.I. The second-order valence-electron chi connectivity index (χ2n) is 7.28. The van der Waals surface area contributed by atoms with Crippen molar-refractivity contribution >= 4 is 41.5 Å². The summed E-state index contributed by atoms with van der Waals surface area (Å²) >= 11 is 0. The van der Waals surface area contributed by atoms with Gasteiger partial charge in [0.1, 0.15) is 0 Å². The fourth-order valence-electron chi connectivity index (χ4n) is 3.15. The summed E-state index contributed by atoms with van der Waals surface area (Å²) < 4.78 is 5.34. The number of rotatable bonds is 11. The molecule has 1 aromatic rings. The largest absolute Gasteiger partial charge is 0.379 e. The van der Waals surface area contributed by atoms with Gasteiger partial charge >= 0.3 is 0 Å². The molecule has 0 radical (unpaired) electrons. The zero-order valence-corrected chi connectivity index (χ0v) is 20.7. The van der Waals surface area contributed by atoms with E-state index in [0.29, 0.717) is 13.0 Å². The number of aliphatic imine (C=N–C) groups is 1. The molecule has 170 valence electrons. The molecule has 0 atom stereocenters. The zero-order chi connectivity index (χ0) is 20.7. The number of unbranched alkanes of at least 4 members (excludes halogenated alkanes) is 2. The van der Waals surface area contributed by atoms with Crippen LogP contribution in [-0.2, 0) is 16.1 Å². The molecule has 0 aromatic heterocycles. The molecule has 7 nitrogen and oxygen atoms in total. The van der Waals surface area contributed by atoms with E-state index in [4.69, 9.17) is 4.74 Å². The number of hydrogen-bond donors (Lipinski definition) is 3. The zero-order valence-electron chi connectivity index (χ0n) is 18.4. The van der Waals surface area contributed by atoms with Crippen LogP contribution in [0.2, 0.25) is 0 Å². The summed E-state index contributed by atoms with van der Waals surface area (Å²) in [6, 6.07) is 7.92. The van der Waals surface area contributed by atoms with Crippen molar-refractivity contribution in [2.24, 2.45) is 4.99 Å². The molecule has 0 saturated carbocycles. The summed E-state index contributed by atoms with van der Waals surface area (Å²) in [5.41, 5.74) is 1.90. The minimum atomic E-state index is 0. The van der Waals surface area contributed by atoms with E-state index in [9.17, 15) is 4.79 Å². The smallest absolute Gasteiger partial charge is 0.225 e. The van der Waals surface area contributed by atoms with Gasteiger partial charge in [-0.05, 0) is 31.0 Å². The van der Waals surface area contributed by atoms with Crippen LogP contribution in [0.25, 0.3) is 0 Å². The van der Waals surface area contributed by atoms with E-state index >= 15 is 0 Å². The summed E-state index contributed by atoms with van der Waals surface area (Å²) in [7, 11) is 0. The number of carbonyl (C=O) groups is 1. The quantitative estimate of drug-likeness (QED) is 0.177. The van der Waals surface area contributed by atoms with Crippen molar-refractivity contribution in [1.29, 1.82) is 0 Å². The lowest BCUT2D eigenvalue weighted by atomic mass is 10.2. The Hall–Kier alpha value is -1.39. The van der Waals surface area contributed by atoms with Gasteiger partial charge in [-0.2, -0.15) is 0 Å². The van der Waals surface area contributed by atoms with Gasteiger partial charge in [0.15, 0.2) is 5.96 Å². The van der Waals surface area contributed by atoms with Crippen molar-refractivity contribution in [2.45, 2.75) is 46.1 Å². The molecule has 30 heavy (non-hydrogen) atoms. The van der Waals surface area contributed by atoms with Crippen LogP contribution in [-0.4, -0.2) is 62.7 Å². The first-order valence-electron chi connectivity index (χ1n) is 10.9. The van der Waals surface area contributed by atoms with Gasteiger partial charge in [0.05, 0.1) is 19.8 Å². The van der Waals surface area contributed by atoms with Crippen LogP contribution in [0, 0.1) is 0 Å². The first kappa shape index (κ1) is 26.6. The van der Waals surface area contributed by atoms with E-state index in [1.807, 2.05) is 24.3 Å². The summed E-state index contributed by atoms with van der Waals surface area (Å²) in [5, 5.41) is 9.66. The number of nitrogens with zero attached hydrogens (tertiary/aromatic N) is 2. The molecule has 1 saturated heterocycles. The third-order valence-electron chi connectivity index (χ3n) is 4.81. The van der Waals surface area contributed by atoms with Crippen molar-refractivity contribution in [3.63, 3.8) is 0 Å². The van der Waals surface area contributed by atoms with Gasteiger partial charge in [-0.15, -0.1) is 24.0 Å². The minimum absolute atomic E-state index is 0. The number of ether oxygens (including phenoxy) is 1. The van der Waals surface area contributed by atoms with Crippen LogP contribution in [0.15, 0.2) is 29.3 Å². The average molecular weight is 531 g/mol. The van der Waals surface area contributed by atoms with Crippen molar-refractivity contribution in [1.82, 2.24) is 15.5 Å². The third kappa shape index (κ3) is 11.1. The Kier molecular flexibility index (Phi) is 14.5. The van der Waals surface area contributed by atoms with E-state index in [1.165, 1.54) is 12.8 Å². The van der Waals surface area contributed by atoms with Crippen LogP contribution >= 0.6 is 24.0 Å². The van der Waals surface area contributed by atoms with E-state index in [-0.39, 0.29) is 29.9 Å². The Morgan fingerprint density at radius 3 is 2.70 bits per heavy atom. The molecule has 1 amide bonds. The first-order chi connectivity index (χ1) is 14.2. The Balaban J connectivity index is 0.00000450. The van der Waals surface area contributed by atoms with Gasteiger partial charge in [-0.1, -0.05) is 31.9 Å². The topological polar surface area (TPSA) is 78.0 Å². The van der Waals surface area contributed by atoms with Gasteiger partial charge in [0.25, 0.3) is 0 Å². The molecule has 3 N–H and O–H groups in total. The number of guanidine groups is 1. The highest BCUT2D eigenvalue weighted by molar-refractivity contribution is 14.0. The Morgan fingerprint density at radius 1 is 1.17 bits per heavy atom. The Morgan fingerprint density at radius 2 is 1.97 bits per heavy atom. The van der Waals surface area contributed by atoms with Crippen LogP contribution < -0.4 is 16.0 Å². The molecular weight excluding hydrogens is 493 g/mol. The molecule has 1 aliphatic heterocycles. The molecule has 1 aromatic carbocycles. The molecule has 8 heteroatoms. The fourth-order valence-corrected chi connectivity index (χ4v) is 3.15. The molecule has 2 rings (SSSR count). The predicted molar refractivity (Wildman–Crippen MR) is 135 cm³/mol. The van der Waals surface area contributed by atoms with Crippen LogP contribution in [0.5, 0.6) is 0 Å². The highest BCUT2D eigenvalue weighted by Crippen LogP contribution is 2.12. The van der Waals surface area contributed by atoms with Gasteiger partial charge in [0, 0.05) is 44.8 Å². The van der Waals surface area contributed by atoms with Gasteiger partial charge < -0.3 is 20.7 Å². The maximum absolute atomic E-state index is 12.3. The number of carbonyl (C=O) groups excluding carboxylic acids is 1. The number of halogens is 1. The van der Waals surface area contributed by atoms with E-state index < -0.39 is 0 Å². The van der Waals surface area contributed by atoms with Crippen LogP contribution in [0.4, 0.5) is 5.69 Å². The van der Waals surface area contributed by atoms with E-state index in [2.05, 4.69) is 39.7 Å². The molecule has 0 aliphatic carbocycles. The Bertz CT molecular complexity index is 636. The van der Waals surface area contributed by atoms with Gasteiger partial charge in [-0.25, -0.2) is 4.99 Å². The van der Waals surface area contributed by atoms with Crippen LogP contribution in [0.3, 0.4) is 0 Å². The standard InChI is InChI=1S/C22H37N5O2.HI/c1-3-5-6-11-24-22(23-4-2)25-18-19-8-7-9-20(17-19)26-21(28)10-12-27-13-15-29-16-14-27;/h7-9,17H,3-6,10-16,18H2,1-2H3,(H,26,28)(H2,23,24,25);1H. The number of amides is 1. The molecule has 1 fully saturated rings. The van der Waals surface area contributed by atoms with E-state index in [1.54, 1.807) is 0 Å². The van der Waals surface area contributed by atoms with Gasteiger partial charge in [0.2, 0.25) is 5.91 Å². The van der Waals surface area contributed by atoms with E-state index in [0.717, 1.165) is 69.6 Å². The first-order valence-corrected chi connectivity index (χ1v) is 10.9.